The van der Waals surface area contributed by atoms with Crippen LogP contribution in [0, 0.1) is 0 Å². The Kier molecular flexibility index (Phi) is 5.40. The fourth-order valence-corrected chi connectivity index (χ4v) is 5.00. The smallest absolute Gasteiger partial charge is 0.263 e. The van der Waals surface area contributed by atoms with E-state index in [2.05, 4.69) is 29.1 Å². The summed E-state index contributed by atoms with van der Waals surface area (Å²) in [6.45, 7) is 5.38. The minimum Gasteiger partial charge on any atom is -0.396 e. The van der Waals surface area contributed by atoms with Gasteiger partial charge in [-0.1, -0.05) is 0 Å². The number of carbonyl (C=O) groups is 1. The van der Waals surface area contributed by atoms with Crippen molar-refractivity contribution in [1.29, 1.82) is 0 Å². The van der Waals surface area contributed by atoms with Crippen LogP contribution in [0.3, 0.4) is 0 Å². The number of nitrogen functional groups attached to an aromatic ring is 1. The number of thiophene rings is 1. The fourth-order valence-electron chi connectivity index (χ4n) is 2.76. The third-order valence-corrected chi connectivity index (χ3v) is 6.02. The van der Waals surface area contributed by atoms with E-state index in [0.29, 0.717) is 16.6 Å². The molecule has 2 heterocycles. The van der Waals surface area contributed by atoms with Crippen LogP contribution in [0.5, 0.6) is 0 Å². The zero-order chi connectivity index (χ0) is 15.6. The molecule has 5 nitrogen and oxygen atoms in total. The van der Waals surface area contributed by atoms with Crippen molar-refractivity contribution in [2.24, 2.45) is 0 Å². The predicted molar refractivity (Wildman–Crippen MR) is 92.8 cm³/mol. The molecule has 1 amide bonds. The first-order valence-electron chi connectivity index (χ1n) is 7.13. The quantitative estimate of drug-likeness (QED) is 0.831. The lowest BCUT2D eigenvalue weighted by Gasteiger charge is -2.29. The summed E-state index contributed by atoms with van der Waals surface area (Å²) in [5, 5.41) is 3.82. The van der Waals surface area contributed by atoms with Crippen LogP contribution in [0.15, 0.2) is 4.90 Å². The SMILES string of the molecule is CNC(=O)c1sc(N2CCCN(C)CC2C)c(SC)c1N. The molecule has 1 unspecified atom stereocenters. The van der Waals surface area contributed by atoms with Crippen molar-refractivity contribution in [3.8, 4) is 0 Å². The Morgan fingerprint density at radius 1 is 1.48 bits per heavy atom. The van der Waals surface area contributed by atoms with Gasteiger partial charge in [0.05, 0.1) is 10.6 Å². The minimum atomic E-state index is -0.0985. The largest absolute Gasteiger partial charge is 0.396 e. The summed E-state index contributed by atoms with van der Waals surface area (Å²) in [5.74, 6) is -0.0985. The highest BCUT2D eigenvalue weighted by Gasteiger charge is 2.27. The molecule has 1 aromatic heterocycles. The second-order valence-electron chi connectivity index (χ2n) is 5.42. The standard InChI is InChI=1S/C14H24N4OS2/c1-9-8-17(3)6-5-7-18(9)14-12(20-4)10(15)11(21-14)13(19)16-2/h9H,5-8,15H2,1-4H3,(H,16,19). The number of likely N-dealkylation sites (N-methyl/N-ethyl adjacent to an activating group) is 1. The van der Waals surface area contributed by atoms with Gasteiger partial charge in [0.15, 0.2) is 0 Å². The Balaban J connectivity index is 2.40. The van der Waals surface area contributed by atoms with Crippen molar-refractivity contribution in [2.75, 3.05) is 50.6 Å². The third-order valence-electron chi connectivity index (χ3n) is 3.83. The molecule has 7 heteroatoms. The highest BCUT2D eigenvalue weighted by molar-refractivity contribution is 7.99. The molecule has 0 saturated carbocycles. The molecule has 2 rings (SSSR count). The average molecular weight is 329 g/mol. The number of nitrogens with one attached hydrogen (secondary N) is 1. The Morgan fingerprint density at radius 2 is 2.19 bits per heavy atom. The molecule has 1 aromatic rings. The predicted octanol–water partition coefficient (Wildman–Crippen LogP) is 1.94. The maximum Gasteiger partial charge on any atom is 0.263 e. The van der Waals surface area contributed by atoms with E-state index in [1.54, 1.807) is 18.8 Å². The Hall–Kier alpha value is -0.920. The number of hydrogen-bond donors (Lipinski definition) is 2. The van der Waals surface area contributed by atoms with E-state index >= 15 is 0 Å². The molecule has 0 aliphatic carbocycles. The van der Waals surface area contributed by atoms with E-state index in [9.17, 15) is 4.79 Å². The zero-order valence-electron chi connectivity index (χ0n) is 13.1. The van der Waals surface area contributed by atoms with E-state index < -0.39 is 0 Å². The van der Waals surface area contributed by atoms with E-state index in [1.165, 1.54) is 11.3 Å². The second kappa shape index (κ2) is 6.89. The number of hydrogen-bond acceptors (Lipinski definition) is 6. The Bertz CT molecular complexity index is 517. The lowest BCUT2D eigenvalue weighted by atomic mass is 10.2. The molecule has 0 aromatic carbocycles. The maximum atomic E-state index is 12.0. The molecule has 1 saturated heterocycles. The van der Waals surface area contributed by atoms with Crippen molar-refractivity contribution in [2.45, 2.75) is 24.3 Å². The molecule has 118 valence electrons. The number of nitrogens with zero attached hydrogens (tertiary/aromatic N) is 2. The van der Waals surface area contributed by atoms with Gasteiger partial charge in [-0.2, -0.15) is 0 Å². The van der Waals surface area contributed by atoms with Gasteiger partial charge in [0.2, 0.25) is 0 Å². The first kappa shape index (κ1) is 16.5. The maximum absolute atomic E-state index is 12.0. The van der Waals surface area contributed by atoms with Crippen LogP contribution in [0.25, 0.3) is 0 Å². The normalized spacial score (nSPS) is 20.4. The summed E-state index contributed by atoms with van der Waals surface area (Å²) in [6, 6.07) is 0.416. The van der Waals surface area contributed by atoms with Crippen LogP contribution in [-0.2, 0) is 0 Å². The number of amides is 1. The molecule has 0 bridgehead atoms. The number of carbonyl (C=O) groups excluding carboxylic acids is 1. The Morgan fingerprint density at radius 3 is 2.81 bits per heavy atom. The van der Waals surface area contributed by atoms with Gasteiger partial charge in [0, 0.05) is 26.2 Å². The molecule has 1 aliphatic rings. The van der Waals surface area contributed by atoms with Gasteiger partial charge < -0.3 is 20.9 Å². The van der Waals surface area contributed by atoms with Crippen LogP contribution in [0.2, 0.25) is 0 Å². The lowest BCUT2D eigenvalue weighted by molar-refractivity contribution is 0.0968. The molecule has 1 fully saturated rings. The summed E-state index contributed by atoms with van der Waals surface area (Å²) in [4.78, 5) is 18.4. The second-order valence-corrected chi connectivity index (χ2v) is 7.24. The van der Waals surface area contributed by atoms with Crippen LogP contribution in [0.1, 0.15) is 23.0 Å². The fraction of sp³-hybridized carbons (Fsp3) is 0.643. The molecule has 0 radical (unpaired) electrons. The van der Waals surface area contributed by atoms with Crippen LogP contribution < -0.4 is 16.0 Å². The van der Waals surface area contributed by atoms with Crippen LogP contribution in [-0.4, -0.2) is 56.8 Å². The third kappa shape index (κ3) is 3.30. The van der Waals surface area contributed by atoms with Gasteiger partial charge in [-0.05, 0) is 33.2 Å². The Labute approximate surface area is 134 Å². The highest BCUT2D eigenvalue weighted by Crippen LogP contribution is 2.44. The van der Waals surface area contributed by atoms with Crippen molar-refractivity contribution in [3.63, 3.8) is 0 Å². The minimum absolute atomic E-state index is 0.0985. The number of rotatable bonds is 3. The van der Waals surface area contributed by atoms with E-state index in [4.69, 9.17) is 5.73 Å². The first-order valence-corrected chi connectivity index (χ1v) is 9.17. The summed E-state index contributed by atoms with van der Waals surface area (Å²) >= 11 is 3.14. The van der Waals surface area contributed by atoms with Crippen molar-refractivity contribution < 1.29 is 4.79 Å². The van der Waals surface area contributed by atoms with Gasteiger partial charge in [-0.25, -0.2) is 0 Å². The lowest BCUT2D eigenvalue weighted by Crippen LogP contribution is -2.37. The summed E-state index contributed by atoms with van der Waals surface area (Å²) in [6.07, 6.45) is 3.14. The topological polar surface area (TPSA) is 61.6 Å². The van der Waals surface area contributed by atoms with Gasteiger partial charge in [-0.3, -0.25) is 4.79 Å². The number of anilines is 2. The first-order chi connectivity index (χ1) is 9.99. The average Bonchev–Trinajstić information content (AvgIpc) is 2.68. The molecular weight excluding hydrogens is 304 g/mol. The van der Waals surface area contributed by atoms with Crippen molar-refractivity contribution >= 4 is 39.7 Å². The molecule has 21 heavy (non-hydrogen) atoms. The van der Waals surface area contributed by atoms with E-state index in [1.807, 2.05) is 6.26 Å². The van der Waals surface area contributed by atoms with E-state index in [-0.39, 0.29) is 5.91 Å². The van der Waals surface area contributed by atoms with Gasteiger partial charge >= 0.3 is 0 Å². The zero-order valence-corrected chi connectivity index (χ0v) is 14.7. The van der Waals surface area contributed by atoms with Gasteiger partial charge in [0.1, 0.15) is 9.88 Å². The highest BCUT2D eigenvalue weighted by atomic mass is 32.2. The number of nitrogens with two attached hydrogens (primary N) is 1. The van der Waals surface area contributed by atoms with Crippen LogP contribution in [0.4, 0.5) is 10.7 Å². The van der Waals surface area contributed by atoms with Crippen LogP contribution >= 0.6 is 23.1 Å². The monoisotopic (exact) mass is 328 g/mol. The number of thioether (sulfide) groups is 1. The molecule has 1 aliphatic heterocycles. The van der Waals surface area contributed by atoms with Gasteiger partial charge in [0.25, 0.3) is 5.91 Å². The molecule has 3 N–H and O–H groups in total. The summed E-state index contributed by atoms with van der Waals surface area (Å²) < 4.78 is 0. The van der Waals surface area contributed by atoms with Crippen molar-refractivity contribution in [3.05, 3.63) is 4.88 Å². The van der Waals surface area contributed by atoms with Crippen molar-refractivity contribution in [1.82, 2.24) is 10.2 Å². The molecular formula is C14H24N4OS2. The summed E-state index contributed by atoms with van der Waals surface area (Å²) in [7, 11) is 3.80. The molecule has 1 atom stereocenters. The summed E-state index contributed by atoms with van der Waals surface area (Å²) in [5.41, 5.74) is 6.82. The van der Waals surface area contributed by atoms with Gasteiger partial charge in [-0.15, -0.1) is 23.1 Å². The molecule has 0 spiro atoms. The van der Waals surface area contributed by atoms with E-state index in [0.717, 1.165) is 36.0 Å².